The normalized spacial score (nSPS) is 12.0. The van der Waals surface area contributed by atoms with Crippen LogP contribution in [0, 0.1) is 0 Å². The van der Waals surface area contributed by atoms with Crippen molar-refractivity contribution in [3.05, 3.63) is 30.0 Å². The van der Waals surface area contributed by atoms with Crippen LogP contribution in [0.25, 0.3) is 10.9 Å². The summed E-state index contributed by atoms with van der Waals surface area (Å²) >= 11 is 0. The zero-order valence-electron chi connectivity index (χ0n) is 9.72. The summed E-state index contributed by atoms with van der Waals surface area (Å²) in [5, 5.41) is 1.28. The van der Waals surface area contributed by atoms with E-state index in [9.17, 15) is 0 Å². The number of aromatic nitrogens is 1. The second kappa shape index (κ2) is 3.30. The smallest absolute Gasteiger partial charge is 0.120 e. The van der Waals surface area contributed by atoms with Crippen LogP contribution in [0.3, 0.4) is 0 Å². The topological polar surface area (TPSA) is 25.0 Å². The molecule has 0 saturated heterocycles. The molecule has 0 spiro atoms. The van der Waals surface area contributed by atoms with Gasteiger partial charge in [0.2, 0.25) is 0 Å². The molecule has 80 valence electrons. The number of rotatable bonds is 1. The maximum absolute atomic E-state index is 5.20. The van der Waals surface area contributed by atoms with Gasteiger partial charge in [-0.1, -0.05) is 20.8 Å². The summed E-state index contributed by atoms with van der Waals surface area (Å²) in [6.45, 7) is 6.67. The Labute approximate surface area is 90.3 Å². The van der Waals surface area contributed by atoms with Crippen molar-refractivity contribution in [3.63, 3.8) is 0 Å². The van der Waals surface area contributed by atoms with Crippen molar-refractivity contribution in [3.8, 4) is 5.75 Å². The molecular formula is C13H17NO. The van der Waals surface area contributed by atoms with Gasteiger partial charge in [0, 0.05) is 23.2 Å². The molecule has 0 radical (unpaired) electrons. The summed E-state index contributed by atoms with van der Waals surface area (Å²) in [5.74, 6) is 0.893. The van der Waals surface area contributed by atoms with Crippen molar-refractivity contribution in [1.29, 1.82) is 0 Å². The first kappa shape index (κ1) is 10.1. The van der Waals surface area contributed by atoms with Crippen molar-refractivity contribution in [1.82, 2.24) is 4.98 Å². The summed E-state index contributed by atoms with van der Waals surface area (Å²) in [7, 11) is 1.69. The van der Waals surface area contributed by atoms with Gasteiger partial charge in [0.1, 0.15) is 5.75 Å². The van der Waals surface area contributed by atoms with E-state index in [4.69, 9.17) is 4.74 Å². The highest BCUT2D eigenvalue weighted by Gasteiger charge is 2.17. The quantitative estimate of drug-likeness (QED) is 0.754. The van der Waals surface area contributed by atoms with Gasteiger partial charge >= 0.3 is 0 Å². The van der Waals surface area contributed by atoms with Crippen LogP contribution in [0.1, 0.15) is 26.3 Å². The van der Waals surface area contributed by atoms with E-state index >= 15 is 0 Å². The third kappa shape index (κ3) is 1.72. The molecule has 0 atom stereocenters. The molecule has 2 rings (SSSR count). The number of hydrogen-bond acceptors (Lipinski definition) is 1. The summed E-state index contributed by atoms with van der Waals surface area (Å²) < 4.78 is 5.20. The van der Waals surface area contributed by atoms with Crippen molar-refractivity contribution >= 4 is 10.9 Å². The molecule has 15 heavy (non-hydrogen) atoms. The van der Waals surface area contributed by atoms with Crippen LogP contribution in [0.2, 0.25) is 0 Å². The van der Waals surface area contributed by atoms with Gasteiger partial charge in [0.15, 0.2) is 0 Å². The molecule has 1 aromatic heterocycles. The van der Waals surface area contributed by atoms with E-state index in [0.717, 1.165) is 11.3 Å². The van der Waals surface area contributed by atoms with Crippen LogP contribution >= 0.6 is 0 Å². The average molecular weight is 203 g/mol. The fraction of sp³-hybridized carbons (Fsp3) is 0.385. The molecule has 0 saturated carbocycles. The number of benzene rings is 1. The molecule has 2 heteroatoms. The van der Waals surface area contributed by atoms with Crippen LogP contribution in [0.4, 0.5) is 0 Å². The van der Waals surface area contributed by atoms with Gasteiger partial charge in [-0.15, -0.1) is 0 Å². The van der Waals surface area contributed by atoms with Gasteiger partial charge in [-0.3, -0.25) is 0 Å². The van der Waals surface area contributed by atoms with E-state index in [1.54, 1.807) is 7.11 Å². The Morgan fingerprint density at radius 1 is 1.20 bits per heavy atom. The fourth-order valence-electron chi connectivity index (χ4n) is 1.85. The van der Waals surface area contributed by atoms with E-state index in [0.29, 0.717) is 0 Å². The maximum Gasteiger partial charge on any atom is 0.120 e. The zero-order chi connectivity index (χ0) is 11.1. The SMILES string of the molecule is COc1ccc2c(C(C)(C)C)c[nH]c2c1. The van der Waals surface area contributed by atoms with Crippen LogP contribution in [0.15, 0.2) is 24.4 Å². The molecule has 2 aromatic rings. The lowest BCUT2D eigenvalue weighted by atomic mass is 9.87. The van der Waals surface area contributed by atoms with Crippen molar-refractivity contribution in [2.75, 3.05) is 7.11 Å². The van der Waals surface area contributed by atoms with Gasteiger partial charge in [0.25, 0.3) is 0 Å². The van der Waals surface area contributed by atoms with Crippen LogP contribution in [-0.4, -0.2) is 12.1 Å². The first-order valence-electron chi connectivity index (χ1n) is 5.18. The van der Waals surface area contributed by atoms with Gasteiger partial charge < -0.3 is 9.72 Å². The largest absolute Gasteiger partial charge is 0.497 e. The Hall–Kier alpha value is -1.44. The van der Waals surface area contributed by atoms with Crippen molar-refractivity contribution < 1.29 is 4.74 Å². The first-order valence-corrected chi connectivity index (χ1v) is 5.18. The second-order valence-electron chi connectivity index (χ2n) is 4.86. The number of nitrogens with one attached hydrogen (secondary N) is 1. The van der Waals surface area contributed by atoms with E-state index in [2.05, 4.69) is 38.0 Å². The van der Waals surface area contributed by atoms with Gasteiger partial charge in [-0.25, -0.2) is 0 Å². The minimum Gasteiger partial charge on any atom is -0.497 e. The summed E-state index contributed by atoms with van der Waals surface area (Å²) in [4.78, 5) is 3.29. The summed E-state index contributed by atoms with van der Waals surface area (Å²) in [5.41, 5.74) is 2.66. The molecule has 0 fully saturated rings. The van der Waals surface area contributed by atoms with Crippen molar-refractivity contribution in [2.24, 2.45) is 0 Å². The Morgan fingerprint density at radius 2 is 1.93 bits per heavy atom. The number of aromatic amines is 1. The molecule has 0 aliphatic heterocycles. The molecule has 1 N–H and O–H groups in total. The highest BCUT2D eigenvalue weighted by molar-refractivity contribution is 5.85. The second-order valence-corrected chi connectivity index (χ2v) is 4.86. The van der Waals surface area contributed by atoms with E-state index in [-0.39, 0.29) is 5.41 Å². The summed E-state index contributed by atoms with van der Waals surface area (Å²) in [6.07, 6.45) is 2.09. The van der Waals surface area contributed by atoms with Gasteiger partial charge in [-0.2, -0.15) is 0 Å². The Kier molecular flexibility index (Phi) is 2.22. The molecule has 0 aliphatic carbocycles. The molecule has 0 amide bonds. The van der Waals surface area contributed by atoms with Crippen LogP contribution in [0.5, 0.6) is 5.75 Å². The Morgan fingerprint density at radius 3 is 2.53 bits per heavy atom. The molecule has 0 bridgehead atoms. The first-order chi connectivity index (χ1) is 7.02. The summed E-state index contributed by atoms with van der Waals surface area (Å²) in [6, 6.07) is 6.15. The molecular weight excluding hydrogens is 186 g/mol. The predicted molar refractivity (Wildman–Crippen MR) is 63.6 cm³/mol. The number of fused-ring (bicyclic) bond motifs is 1. The van der Waals surface area contributed by atoms with Gasteiger partial charge in [-0.05, 0) is 23.1 Å². The number of ether oxygens (including phenoxy) is 1. The molecule has 0 aliphatic rings. The third-order valence-corrected chi connectivity index (χ3v) is 2.70. The molecule has 2 nitrogen and oxygen atoms in total. The standard InChI is InChI=1S/C13H17NO/c1-13(2,3)11-8-14-12-7-9(15-4)5-6-10(11)12/h5-8,14H,1-4H3. The lowest BCUT2D eigenvalue weighted by Gasteiger charge is -2.17. The highest BCUT2D eigenvalue weighted by Crippen LogP contribution is 2.31. The third-order valence-electron chi connectivity index (χ3n) is 2.70. The van der Waals surface area contributed by atoms with E-state index in [1.807, 2.05) is 12.1 Å². The Bertz CT molecular complexity index is 477. The van der Waals surface area contributed by atoms with E-state index < -0.39 is 0 Å². The Balaban J connectivity index is 2.62. The average Bonchev–Trinajstić information content (AvgIpc) is 2.59. The lowest BCUT2D eigenvalue weighted by Crippen LogP contribution is -2.09. The van der Waals surface area contributed by atoms with Gasteiger partial charge in [0.05, 0.1) is 7.11 Å². The number of methoxy groups -OCH3 is 1. The zero-order valence-corrected chi connectivity index (χ0v) is 9.72. The van der Waals surface area contributed by atoms with E-state index in [1.165, 1.54) is 10.9 Å². The van der Waals surface area contributed by atoms with Crippen LogP contribution < -0.4 is 4.74 Å². The molecule has 0 unspecified atom stereocenters. The predicted octanol–water partition coefficient (Wildman–Crippen LogP) is 3.47. The maximum atomic E-state index is 5.20. The number of hydrogen-bond donors (Lipinski definition) is 1. The van der Waals surface area contributed by atoms with Crippen molar-refractivity contribution in [2.45, 2.75) is 26.2 Å². The van der Waals surface area contributed by atoms with Crippen LogP contribution in [-0.2, 0) is 5.41 Å². The molecule has 1 heterocycles. The minimum atomic E-state index is 0.173. The monoisotopic (exact) mass is 203 g/mol. The molecule has 1 aromatic carbocycles. The fourth-order valence-corrected chi connectivity index (χ4v) is 1.85. The highest BCUT2D eigenvalue weighted by atomic mass is 16.5. The number of H-pyrrole nitrogens is 1. The lowest BCUT2D eigenvalue weighted by molar-refractivity contribution is 0.415. The minimum absolute atomic E-state index is 0.173.